The smallest absolute Gasteiger partial charge is 0.254 e. The molecule has 0 aromatic heterocycles. The summed E-state index contributed by atoms with van der Waals surface area (Å²) in [4.78, 5) is 40.1. The Hall–Kier alpha value is -3.28. The summed E-state index contributed by atoms with van der Waals surface area (Å²) >= 11 is 0. The lowest BCUT2D eigenvalue weighted by Crippen LogP contribution is -2.52. The monoisotopic (exact) mass is 531 g/mol. The van der Waals surface area contributed by atoms with Crippen molar-refractivity contribution in [2.75, 3.05) is 58.4 Å². The zero-order valence-electron chi connectivity index (χ0n) is 21.1. The van der Waals surface area contributed by atoms with Gasteiger partial charge in [-0.15, -0.1) is 0 Å². The summed E-state index contributed by atoms with van der Waals surface area (Å²) in [7, 11) is -0.163. The summed E-state index contributed by atoms with van der Waals surface area (Å²) in [6, 6.07) is 12.9. The van der Waals surface area contributed by atoms with E-state index in [4.69, 9.17) is 9.84 Å². The second kappa shape index (κ2) is 12.8. The topological polar surface area (TPSA) is 133 Å². The first-order valence-corrected chi connectivity index (χ1v) is 13.9. The number of aliphatic hydroxyl groups excluding tert-OH is 1. The van der Waals surface area contributed by atoms with Crippen LogP contribution in [0.5, 0.6) is 5.75 Å². The van der Waals surface area contributed by atoms with E-state index in [0.717, 1.165) is 34.7 Å². The zero-order valence-corrected chi connectivity index (χ0v) is 21.9. The predicted octanol–water partition coefficient (Wildman–Crippen LogP) is 0.601. The van der Waals surface area contributed by atoms with E-state index in [0.29, 0.717) is 25.3 Å². The number of nitrogens with zero attached hydrogens (tertiary/aromatic N) is 2. The summed E-state index contributed by atoms with van der Waals surface area (Å²) in [6.07, 6.45) is 0.802. The number of hydrogen-bond donors (Lipinski definition) is 2. The van der Waals surface area contributed by atoms with E-state index in [1.165, 1.54) is 14.1 Å². The number of sulfone groups is 1. The van der Waals surface area contributed by atoms with Crippen molar-refractivity contribution in [1.82, 2.24) is 15.1 Å². The Kier molecular flexibility index (Phi) is 9.79. The van der Waals surface area contributed by atoms with Gasteiger partial charge in [0.2, 0.25) is 5.91 Å². The summed E-state index contributed by atoms with van der Waals surface area (Å²) in [5.74, 6) is -0.779. The second-order valence-corrected chi connectivity index (χ2v) is 11.2. The van der Waals surface area contributed by atoms with Gasteiger partial charge in [0.15, 0.2) is 21.7 Å². The van der Waals surface area contributed by atoms with Crippen LogP contribution in [0.25, 0.3) is 11.1 Å². The molecule has 0 aliphatic carbocycles. The summed E-state index contributed by atoms with van der Waals surface area (Å²) in [6.45, 7) is 1.63. The minimum absolute atomic E-state index is 0.223. The van der Waals surface area contributed by atoms with Gasteiger partial charge in [0, 0.05) is 39.3 Å². The maximum atomic E-state index is 12.8. The molecule has 0 spiro atoms. The van der Waals surface area contributed by atoms with Crippen LogP contribution < -0.4 is 10.1 Å². The van der Waals surface area contributed by atoms with Gasteiger partial charge in [0.25, 0.3) is 5.91 Å². The largest absolute Gasteiger partial charge is 0.494 e. The highest BCUT2D eigenvalue weighted by Gasteiger charge is 2.32. The molecular weight excluding hydrogens is 498 g/mol. The highest BCUT2D eigenvalue weighted by Crippen LogP contribution is 2.23. The number of hydrogen-bond acceptors (Lipinski definition) is 8. The molecule has 37 heavy (non-hydrogen) atoms. The normalized spacial score (nSPS) is 16.0. The van der Waals surface area contributed by atoms with Crippen molar-refractivity contribution in [2.45, 2.75) is 12.5 Å². The van der Waals surface area contributed by atoms with Crippen LogP contribution in [0.2, 0.25) is 0 Å². The van der Waals surface area contributed by atoms with Gasteiger partial charge in [0.05, 0.1) is 18.1 Å². The Labute approximate surface area is 217 Å². The van der Waals surface area contributed by atoms with E-state index in [1.807, 2.05) is 24.3 Å². The molecule has 1 aliphatic rings. The lowest BCUT2D eigenvalue weighted by Gasteiger charge is -2.26. The fourth-order valence-corrected chi connectivity index (χ4v) is 5.36. The van der Waals surface area contributed by atoms with Crippen molar-refractivity contribution < 1.29 is 32.6 Å². The number of benzene rings is 2. The first kappa shape index (κ1) is 28.3. The number of rotatable bonds is 11. The van der Waals surface area contributed by atoms with Crippen LogP contribution in [0.15, 0.2) is 48.5 Å². The van der Waals surface area contributed by atoms with Crippen molar-refractivity contribution in [3.05, 3.63) is 54.1 Å². The standard InChI is InChI=1S/C26H33N3O7S/c1-27-25(32)24(23(31)18-30)28(2)26(33)21-6-4-19(5-7-21)20-8-10-22(11-9-20)36-15-3-12-29-13-16-37(34,35)17-14-29/h4-11,24,30H,3,12-18H2,1-2H3,(H,27,32). The number of likely N-dealkylation sites (N-methyl/N-ethyl adjacent to an activating group) is 2. The number of ketones is 1. The number of carbonyl (C=O) groups is 3. The third-order valence-electron chi connectivity index (χ3n) is 6.31. The van der Waals surface area contributed by atoms with Gasteiger partial charge in [-0.05, 0) is 41.8 Å². The average molecular weight is 532 g/mol. The molecule has 200 valence electrons. The lowest BCUT2D eigenvalue weighted by atomic mass is 10.0. The Morgan fingerprint density at radius 1 is 1.03 bits per heavy atom. The first-order valence-electron chi connectivity index (χ1n) is 12.0. The molecule has 3 rings (SSSR count). The number of amides is 2. The predicted molar refractivity (Wildman–Crippen MR) is 139 cm³/mol. The Bertz CT molecular complexity index is 1170. The number of nitrogens with one attached hydrogen (secondary N) is 1. The molecule has 10 nitrogen and oxygen atoms in total. The molecule has 0 radical (unpaired) electrons. The quantitative estimate of drug-likeness (QED) is 0.318. The van der Waals surface area contributed by atoms with Gasteiger partial charge in [-0.25, -0.2) is 8.42 Å². The fourth-order valence-electron chi connectivity index (χ4n) is 4.08. The Balaban J connectivity index is 1.53. The van der Waals surface area contributed by atoms with E-state index in [-0.39, 0.29) is 11.5 Å². The van der Waals surface area contributed by atoms with Crippen molar-refractivity contribution in [1.29, 1.82) is 0 Å². The third kappa shape index (κ3) is 7.61. The number of carbonyl (C=O) groups excluding carboxylic acids is 3. The molecule has 1 aliphatic heterocycles. The van der Waals surface area contributed by atoms with Crippen LogP contribution in [-0.4, -0.2) is 105 Å². The summed E-state index contributed by atoms with van der Waals surface area (Å²) < 4.78 is 28.8. The van der Waals surface area contributed by atoms with Crippen LogP contribution >= 0.6 is 0 Å². The molecule has 1 saturated heterocycles. The van der Waals surface area contributed by atoms with Gasteiger partial charge < -0.3 is 25.0 Å². The molecule has 0 bridgehead atoms. The van der Waals surface area contributed by atoms with Crippen LogP contribution in [-0.2, 0) is 19.4 Å². The van der Waals surface area contributed by atoms with Crippen LogP contribution in [0.3, 0.4) is 0 Å². The molecular formula is C26H33N3O7S. The Morgan fingerprint density at radius 3 is 2.14 bits per heavy atom. The van der Waals surface area contributed by atoms with E-state index in [1.54, 1.807) is 24.3 Å². The number of Topliss-reactive ketones (excluding diaryl/α,β-unsaturated/α-hetero) is 1. The average Bonchev–Trinajstić information content (AvgIpc) is 2.91. The van der Waals surface area contributed by atoms with Gasteiger partial charge in [0.1, 0.15) is 12.4 Å². The van der Waals surface area contributed by atoms with E-state index >= 15 is 0 Å². The highest BCUT2D eigenvalue weighted by molar-refractivity contribution is 7.91. The molecule has 11 heteroatoms. The van der Waals surface area contributed by atoms with Gasteiger partial charge >= 0.3 is 0 Å². The molecule has 2 amide bonds. The minimum Gasteiger partial charge on any atom is -0.494 e. The number of aliphatic hydroxyl groups is 1. The molecule has 2 N–H and O–H groups in total. The van der Waals surface area contributed by atoms with Gasteiger partial charge in [-0.2, -0.15) is 0 Å². The number of ether oxygens (including phenoxy) is 1. The minimum atomic E-state index is -2.87. The highest BCUT2D eigenvalue weighted by atomic mass is 32.2. The van der Waals surface area contributed by atoms with Crippen molar-refractivity contribution >= 4 is 27.4 Å². The molecule has 1 unspecified atom stereocenters. The van der Waals surface area contributed by atoms with Gasteiger partial charge in [-0.1, -0.05) is 24.3 Å². The molecule has 2 aromatic rings. The lowest BCUT2D eigenvalue weighted by molar-refractivity contribution is -0.135. The summed E-state index contributed by atoms with van der Waals surface area (Å²) in [5, 5.41) is 11.5. The van der Waals surface area contributed by atoms with Crippen molar-refractivity contribution in [3.8, 4) is 16.9 Å². The van der Waals surface area contributed by atoms with E-state index < -0.39 is 40.1 Å². The molecule has 1 atom stereocenters. The van der Waals surface area contributed by atoms with Crippen LogP contribution in [0.4, 0.5) is 0 Å². The van der Waals surface area contributed by atoms with Crippen molar-refractivity contribution in [3.63, 3.8) is 0 Å². The van der Waals surface area contributed by atoms with E-state index in [2.05, 4.69) is 10.2 Å². The van der Waals surface area contributed by atoms with Crippen molar-refractivity contribution in [2.24, 2.45) is 0 Å². The second-order valence-electron chi connectivity index (χ2n) is 8.85. The maximum absolute atomic E-state index is 12.8. The summed E-state index contributed by atoms with van der Waals surface area (Å²) in [5.41, 5.74) is 2.10. The maximum Gasteiger partial charge on any atom is 0.254 e. The Morgan fingerprint density at radius 2 is 1.59 bits per heavy atom. The van der Waals surface area contributed by atoms with Crippen LogP contribution in [0, 0.1) is 0 Å². The SMILES string of the molecule is CNC(=O)C(C(=O)CO)N(C)C(=O)c1ccc(-c2ccc(OCCCN3CCS(=O)(=O)CC3)cc2)cc1. The van der Waals surface area contributed by atoms with Gasteiger partial charge in [-0.3, -0.25) is 14.4 Å². The third-order valence-corrected chi connectivity index (χ3v) is 7.92. The molecule has 0 saturated carbocycles. The molecule has 1 fully saturated rings. The fraction of sp³-hybridized carbons (Fsp3) is 0.423. The zero-order chi connectivity index (χ0) is 27.0. The van der Waals surface area contributed by atoms with Crippen LogP contribution in [0.1, 0.15) is 16.8 Å². The van der Waals surface area contributed by atoms with E-state index in [9.17, 15) is 22.8 Å². The molecule has 2 aromatic carbocycles. The molecule has 1 heterocycles. The first-order chi connectivity index (χ1) is 17.6.